The normalized spacial score (nSPS) is 25.3. The second-order valence-corrected chi connectivity index (χ2v) is 7.27. The number of ketones is 1. The van der Waals surface area contributed by atoms with Crippen molar-refractivity contribution < 1.29 is 19.2 Å². The number of esters is 1. The molecule has 0 radical (unpaired) electrons. The van der Waals surface area contributed by atoms with Crippen LogP contribution in [0.25, 0.3) is 0 Å². The molecule has 6 nitrogen and oxygen atoms in total. The van der Waals surface area contributed by atoms with Gasteiger partial charge in [-0.3, -0.25) is 19.7 Å². The van der Waals surface area contributed by atoms with Gasteiger partial charge in [0, 0.05) is 6.07 Å². The molecule has 6 heteroatoms. The Balaban J connectivity index is 2.16. The number of Topliss-reactive ketones (excluding diaryl/α,β-unsaturated/α-hetero) is 1. The van der Waals surface area contributed by atoms with Gasteiger partial charge in [0.1, 0.15) is 11.5 Å². The van der Waals surface area contributed by atoms with Crippen molar-refractivity contribution in [2.45, 2.75) is 52.1 Å². The van der Waals surface area contributed by atoms with Gasteiger partial charge >= 0.3 is 5.97 Å². The highest BCUT2D eigenvalue weighted by Crippen LogP contribution is 2.56. The fourth-order valence-corrected chi connectivity index (χ4v) is 4.11. The van der Waals surface area contributed by atoms with Crippen molar-refractivity contribution in [1.29, 1.82) is 0 Å². The van der Waals surface area contributed by atoms with Crippen LogP contribution in [0.3, 0.4) is 0 Å². The number of nitro benzene ring substituents is 1. The first kappa shape index (κ1) is 16.6. The van der Waals surface area contributed by atoms with Gasteiger partial charge in [-0.2, -0.15) is 0 Å². The van der Waals surface area contributed by atoms with Crippen molar-refractivity contribution in [3.63, 3.8) is 0 Å². The predicted molar refractivity (Wildman–Crippen MR) is 86.2 cm³/mol. The van der Waals surface area contributed by atoms with Crippen molar-refractivity contribution in [2.24, 2.45) is 10.8 Å². The maximum atomic E-state index is 13.2. The van der Waals surface area contributed by atoms with Gasteiger partial charge in [0.2, 0.25) is 0 Å². The van der Waals surface area contributed by atoms with Crippen molar-refractivity contribution in [1.82, 2.24) is 0 Å². The van der Waals surface area contributed by atoms with Gasteiger partial charge in [-0.25, -0.2) is 0 Å². The average molecular weight is 331 g/mol. The van der Waals surface area contributed by atoms with Gasteiger partial charge in [-0.1, -0.05) is 31.4 Å². The highest BCUT2D eigenvalue weighted by atomic mass is 16.6. The van der Waals surface area contributed by atoms with Crippen LogP contribution in [0.4, 0.5) is 5.69 Å². The van der Waals surface area contributed by atoms with Crippen LogP contribution in [0.2, 0.25) is 0 Å². The molecule has 1 saturated heterocycles. The Kier molecular flexibility index (Phi) is 3.94. The Morgan fingerprint density at radius 3 is 2.38 bits per heavy atom. The van der Waals surface area contributed by atoms with E-state index >= 15 is 0 Å². The number of carbonyl (C=O) groups is 2. The van der Waals surface area contributed by atoms with Gasteiger partial charge < -0.3 is 4.74 Å². The van der Waals surface area contributed by atoms with Crippen LogP contribution in [-0.2, 0) is 14.3 Å². The van der Waals surface area contributed by atoms with E-state index in [-0.39, 0.29) is 11.5 Å². The Labute approximate surface area is 140 Å². The second kappa shape index (κ2) is 5.69. The second-order valence-electron chi connectivity index (χ2n) is 7.27. The summed E-state index contributed by atoms with van der Waals surface area (Å²) in [4.78, 5) is 36.6. The third-order valence-electron chi connectivity index (χ3n) is 5.42. The third kappa shape index (κ3) is 2.32. The van der Waals surface area contributed by atoms with E-state index in [0.717, 1.165) is 19.3 Å². The van der Waals surface area contributed by atoms with Crippen molar-refractivity contribution in [3.8, 4) is 0 Å². The summed E-state index contributed by atoms with van der Waals surface area (Å²) >= 11 is 0. The molecular formula is C18H21NO5. The van der Waals surface area contributed by atoms with E-state index in [1.54, 1.807) is 32.0 Å². The van der Waals surface area contributed by atoms with Crippen LogP contribution in [0.5, 0.6) is 0 Å². The lowest BCUT2D eigenvalue weighted by atomic mass is 9.58. The Bertz CT molecular complexity index is 703. The van der Waals surface area contributed by atoms with E-state index in [2.05, 4.69) is 0 Å². The highest BCUT2D eigenvalue weighted by Gasteiger charge is 2.61. The molecule has 0 N–H and O–H groups in total. The van der Waals surface area contributed by atoms with Crippen molar-refractivity contribution in [3.05, 3.63) is 39.9 Å². The number of cyclic esters (lactones) is 1. The summed E-state index contributed by atoms with van der Waals surface area (Å²) in [6.45, 7) is 3.17. The number of benzene rings is 1. The lowest BCUT2D eigenvalue weighted by Crippen LogP contribution is -2.55. The van der Waals surface area contributed by atoms with Crippen molar-refractivity contribution >= 4 is 17.4 Å². The zero-order chi connectivity index (χ0) is 17.5. The Morgan fingerprint density at radius 2 is 1.75 bits per heavy atom. The summed E-state index contributed by atoms with van der Waals surface area (Å²) in [5, 5.41) is 11.4. The van der Waals surface area contributed by atoms with Crippen LogP contribution in [0.15, 0.2) is 24.3 Å². The van der Waals surface area contributed by atoms with Gasteiger partial charge in [-0.05, 0) is 32.8 Å². The minimum Gasteiger partial charge on any atom is -0.455 e. The predicted octanol–water partition coefficient (Wildman–Crippen LogP) is 3.74. The minimum absolute atomic E-state index is 0.104. The first-order valence-corrected chi connectivity index (χ1v) is 8.30. The number of carbonyl (C=O) groups excluding carboxylic acids is 2. The lowest BCUT2D eigenvalue weighted by molar-refractivity contribution is -0.386. The maximum Gasteiger partial charge on any atom is 0.319 e. The maximum absolute atomic E-state index is 13.2. The van der Waals surface area contributed by atoms with E-state index in [0.29, 0.717) is 18.4 Å². The molecule has 128 valence electrons. The van der Waals surface area contributed by atoms with E-state index in [1.807, 2.05) is 0 Å². The average Bonchev–Trinajstić information content (AvgIpc) is 2.58. The number of nitrogens with zero attached hydrogens (tertiary/aromatic N) is 1. The highest BCUT2D eigenvalue weighted by molar-refractivity contribution is 6.08. The number of ether oxygens (including phenoxy) is 1. The smallest absolute Gasteiger partial charge is 0.319 e. The monoisotopic (exact) mass is 331 g/mol. The molecule has 2 fully saturated rings. The van der Waals surface area contributed by atoms with E-state index in [9.17, 15) is 19.7 Å². The molecular weight excluding hydrogens is 310 g/mol. The molecule has 1 aromatic rings. The minimum atomic E-state index is -1.21. The number of hydrogen-bond acceptors (Lipinski definition) is 5. The fourth-order valence-electron chi connectivity index (χ4n) is 4.11. The molecule has 0 unspecified atom stereocenters. The molecule has 1 heterocycles. The molecule has 1 spiro atoms. The third-order valence-corrected chi connectivity index (χ3v) is 5.42. The molecule has 2 aliphatic rings. The molecule has 1 atom stereocenters. The molecule has 1 aromatic carbocycles. The van der Waals surface area contributed by atoms with Crippen molar-refractivity contribution in [2.75, 3.05) is 0 Å². The van der Waals surface area contributed by atoms with Crippen LogP contribution in [-0.4, -0.2) is 16.7 Å². The zero-order valence-corrected chi connectivity index (χ0v) is 13.9. The summed E-state index contributed by atoms with van der Waals surface area (Å²) in [6.07, 6.45) is 3.05. The van der Waals surface area contributed by atoms with E-state index in [4.69, 9.17) is 4.74 Å². The summed E-state index contributed by atoms with van der Waals surface area (Å²) in [7, 11) is 0. The van der Waals surface area contributed by atoms with Gasteiger partial charge in [0.15, 0.2) is 5.78 Å². The molecule has 0 bridgehead atoms. The zero-order valence-electron chi connectivity index (χ0n) is 13.9. The van der Waals surface area contributed by atoms with Crippen LogP contribution in [0.1, 0.15) is 57.6 Å². The van der Waals surface area contributed by atoms with Crippen LogP contribution in [0, 0.1) is 20.9 Å². The van der Waals surface area contributed by atoms with E-state index in [1.165, 1.54) is 6.07 Å². The molecule has 0 amide bonds. The van der Waals surface area contributed by atoms with Gasteiger partial charge in [0.05, 0.1) is 15.9 Å². The molecule has 0 aromatic heterocycles. The fraction of sp³-hybridized carbons (Fsp3) is 0.556. The Morgan fingerprint density at radius 1 is 1.12 bits per heavy atom. The quantitative estimate of drug-likeness (QED) is 0.356. The largest absolute Gasteiger partial charge is 0.455 e. The standard InChI is InChI=1S/C18H21NO5/c1-17(2)15(20)18(10-6-3-7-11-18)14(24-16(17)21)12-8-4-5-9-13(12)19(22)23/h4-5,8-9,14H,3,6-7,10-11H2,1-2H3/t14-/m1/s1. The summed E-state index contributed by atoms with van der Waals surface area (Å²) < 4.78 is 5.68. The molecule has 1 aliphatic heterocycles. The molecule has 3 rings (SSSR count). The molecule has 1 aliphatic carbocycles. The number of rotatable bonds is 2. The topological polar surface area (TPSA) is 86.5 Å². The molecule has 1 saturated carbocycles. The van der Waals surface area contributed by atoms with Gasteiger partial charge in [-0.15, -0.1) is 0 Å². The van der Waals surface area contributed by atoms with E-state index < -0.39 is 27.8 Å². The van der Waals surface area contributed by atoms with Crippen LogP contribution >= 0.6 is 0 Å². The Hall–Kier alpha value is -2.24. The van der Waals surface area contributed by atoms with Gasteiger partial charge in [0.25, 0.3) is 5.69 Å². The molecule has 24 heavy (non-hydrogen) atoms. The number of para-hydroxylation sites is 1. The number of nitro groups is 1. The van der Waals surface area contributed by atoms with Crippen LogP contribution < -0.4 is 0 Å². The summed E-state index contributed by atoms with van der Waals surface area (Å²) in [5.74, 6) is -0.749. The summed E-state index contributed by atoms with van der Waals surface area (Å²) in [5.41, 5.74) is -1.85. The number of hydrogen-bond donors (Lipinski definition) is 0. The first-order valence-electron chi connectivity index (χ1n) is 8.30. The summed E-state index contributed by atoms with van der Waals surface area (Å²) in [6, 6.07) is 6.24. The SMILES string of the molecule is CC1(C)C(=O)O[C@H](c2ccccc2[N+](=O)[O-])C2(CCCCC2)C1=O. The lowest BCUT2D eigenvalue weighted by Gasteiger charge is -2.48. The first-order chi connectivity index (χ1) is 11.3.